The van der Waals surface area contributed by atoms with Gasteiger partial charge in [0.15, 0.2) is 0 Å². The number of para-hydroxylation sites is 3. The van der Waals surface area contributed by atoms with Gasteiger partial charge in [-0.05, 0) is 53.6 Å². The fourth-order valence-corrected chi connectivity index (χ4v) is 4.23. The van der Waals surface area contributed by atoms with Gasteiger partial charge in [0.2, 0.25) is 0 Å². The predicted octanol–water partition coefficient (Wildman–Crippen LogP) is 8.20. The maximum atomic E-state index is 5.80. The first-order chi connectivity index (χ1) is 18.3. The molecule has 0 atom stereocenters. The molecule has 0 unspecified atom stereocenters. The van der Waals surface area contributed by atoms with Crippen LogP contribution < -0.4 is 15.1 Å². The van der Waals surface area contributed by atoms with Crippen molar-refractivity contribution >= 4 is 29.0 Å². The van der Waals surface area contributed by atoms with Gasteiger partial charge in [0.1, 0.15) is 5.75 Å². The van der Waals surface area contributed by atoms with Crippen LogP contribution in [0, 0.1) is 0 Å². The van der Waals surface area contributed by atoms with Crippen molar-refractivity contribution in [2.75, 3.05) is 17.4 Å². The molecular formula is C33H29N3O. The molecule has 0 fully saturated rings. The van der Waals surface area contributed by atoms with E-state index in [9.17, 15) is 0 Å². The second-order valence-corrected chi connectivity index (χ2v) is 8.63. The summed E-state index contributed by atoms with van der Waals surface area (Å²) >= 11 is 0. The number of hydrogen-bond acceptors (Lipinski definition) is 4. The Morgan fingerprint density at radius 2 is 1.27 bits per heavy atom. The van der Waals surface area contributed by atoms with Gasteiger partial charge >= 0.3 is 0 Å². The molecule has 1 N–H and O–H groups in total. The molecule has 0 saturated carbocycles. The van der Waals surface area contributed by atoms with Crippen LogP contribution in [0.3, 0.4) is 0 Å². The zero-order valence-corrected chi connectivity index (χ0v) is 20.8. The van der Waals surface area contributed by atoms with E-state index in [1.807, 2.05) is 59.8 Å². The monoisotopic (exact) mass is 483 g/mol. The molecule has 4 heteroatoms. The van der Waals surface area contributed by atoms with Crippen molar-refractivity contribution in [1.29, 1.82) is 0 Å². The number of nitrogens with zero attached hydrogens (tertiary/aromatic N) is 2. The Bertz CT molecular complexity index is 1390. The van der Waals surface area contributed by atoms with Crippen LogP contribution in [0.2, 0.25) is 0 Å². The van der Waals surface area contributed by atoms with E-state index in [0.717, 1.165) is 46.0 Å². The number of methoxy groups -OCH3 is 1. The van der Waals surface area contributed by atoms with Crippen molar-refractivity contribution in [1.82, 2.24) is 0 Å². The summed E-state index contributed by atoms with van der Waals surface area (Å²) in [5.41, 5.74) is 7.33. The highest BCUT2D eigenvalue weighted by Gasteiger charge is 2.10. The van der Waals surface area contributed by atoms with E-state index in [-0.39, 0.29) is 0 Å². The van der Waals surface area contributed by atoms with Gasteiger partial charge in [0.25, 0.3) is 0 Å². The van der Waals surface area contributed by atoms with E-state index >= 15 is 0 Å². The number of benzene rings is 5. The average molecular weight is 484 g/mol. The van der Waals surface area contributed by atoms with Crippen LogP contribution >= 0.6 is 0 Å². The SMILES string of the molecule is COc1c(Cc2ccccc2)cccc1Nc1ccc(/C=N/N(c2ccccc2)c2ccccc2)cc1. The predicted molar refractivity (Wildman–Crippen MR) is 155 cm³/mol. The maximum Gasteiger partial charge on any atom is 0.145 e. The van der Waals surface area contributed by atoms with E-state index in [0.29, 0.717) is 0 Å². The standard InChI is InChI=1S/C33H29N3O/c1-37-33-28(24-26-12-5-2-6-13-26)14-11-19-32(33)35-29-22-20-27(21-23-29)25-34-36(30-15-7-3-8-16-30)31-17-9-4-10-18-31/h2-23,25,35H,24H2,1H3/b34-25+. The molecule has 37 heavy (non-hydrogen) atoms. The molecule has 4 nitrogen and oxygen atoms in total. The summed E-state index contributed by atoms with van der Waals surface area (Å²) in [6, 6.07) is 45.2. The molecular weight excluding hydrogens is 454 g/mol. The number of hydrogen-bond donors (Lipinski definition) is 1. The van der Waals surface area contributed by atoms with E-state index in [4.69, 9.17) is 9.84 Å². The number of rotatable bonds is 9. The van der Waals surface area contributed by atoms with Gasteiger partial charge in [-0.3, -0.25) is 0 Å². The molecule has 0 aliphatic rings. The first-order valence-electron chi connectivity index (χ1n) is 12.3. The fourth-order valence-electron chi connectivity index (χ4n) is 4.23. The highest BCUT2D eigenvalue weighted by molar-refractivity contribution is 5.83. The smallest absolute Gasteiger partial charge is 0.145 e. The van der Waals surface area contributed by atoms with Crippen LogP contribution in [-0.2, 0) is 6.42 Å². The number of nitrogens with one attached hydrogen (secondary N) is 1. The van der Waals surface area contributed by atoms with Crippen molar-refractivity contribution in [3.05, 3.63) is 150 Å². The third kappa shape index (κ3) is 6.06. The summed E-state index contributed by atoms with van der Waals surface area (Å²) in [5, 5.41) is 10.2. The van der Waals surface area contributed by atoms with Crippen LogP contribution in [0.25, 0.3) is 0 Å². The Morgan fingerprint density at radius 1 is 0.676 bits per heavy atom. The Morgan fingerprint density at radius 3 is 1.86 bits per heavy atom. The van der Waals surface area contributed by atoms with Crippen molar-refractivity contribution in [2.24, 2.45) is 5.10 Å². The van der Waals surface area contributed by atoms with E-state index in [1.54, 1.807) is 7.11 Å². The normalized spacial score (nSPS) is 10.8. The van der Waals surface area contributed by atoms with Gasteiger partial charge in [-0.25, -0.2) is 5.01 Å². The minimum absolute atomic E-state index is 0.814. The molecule has 182 valence electrons. The molecule has 5 aromatic carbocycles. The third-order valence-corrected chi connectivity index (χ3v) is 6.05. The summed E-state index contributed by atoms with van der Waals surface area (Å²) in [6.45, 7) is 0. The second kappa shape index (κ2) is 11.7. The Labute approximate surface area is 218 Å². The van der Waals surface area contributed by atoms with Crippen molar-refractivity contribution in [2.45, 2.75) is 6.42 Å². The van der Waals surface area contributed by atoms with Crippen LogP contribution in [0.15, 0.2) is 139 Å². The van der Waals surface area contributed by atoms with Crippen molar-refractivity contribution in [3.8, 4) is 5.75 Å². The van der Waals surface area contributed by atoms with Crippen molar-refractivity contribution < 1.29 is 4.74 Å². The topological polar surface area (TPSA) is 36.9 Å². The van der Waals surface area contributed by atoms with Gasteiger partial charge in [-0.1, -0.05) is 91.0 Å². The van der Waals surface area contributed by atoms with Crippen LogP contribution in [0.4, 0.5) is 22.7 Å². The summed E-state index contributed by atoms with van der Waals surface area (Å²) in [7, 11) is 1.72. The lowest BCUT2D eigenvalue weighted by Gasteiger charge is -2.19. The second-order valence-electron chi connectivity index (χ2n) is 8.63. The molecule has 0 bridgehead atoms. The van der Waals surface area contributed by atoms with Gasteiger partial charge < -0.3 is 10.1 Å². The fraction of sp³-hybridized carbons (Fsp3) is 0.0606. The molecule has 0 aliphatic carbocycles. The van der Waals surface area contributed by atoms with Gasteiger partial charge in [-0.15, -0.1) is 0 Å². The molecule has 0 saturated heterocycles. The molecule has 0 spiro atoms. The summed E-state index contributed by atoms with van der Waals surface area (Å²) in [5.74, 6) is 0.860. The first-order valence-corrected chi connectivity index (χ1v) is 12.3. The first kappa shape index (κ1) is 23.9. The number of ether oxygens (including phenoxy) is 1. The molecule has 0 amide bonds. The molecule has 0 aliphatic heterocycles. The highest BCUT2D eigenvalue weighted by Crippen LogP contribution is 2.33. The largest absolute Gasteiger partial charge is 0.494 e. The van der Waals surface area contributed by atoms with E-state index in [2.05, 4.69) is 90.2 Å². The van der Waals surface area contributed by atoms with E-state index < -0.39 is 0 Å². The quantitative estimate of drug-likeness (QED) is 0.170. The number of hydrazone groups is 1. The van der Waals surface area contributed by atoms with Crippen molar-refractivity contribution in [3.63, 3.8) is 0 Å². The summed E-state index contributed by atoms with van der Waals surface area (Å²) in [6.07, 6.45) is 2.69. The van der Waals surface area contributed by atoms with E-state index in [1.165, 1.54) is 5.56 Å². The van der Waals surface area contributed by atoms with Crippen LogP contribution in [0.1, 0.15) is 16.7 Å². The zero-order chi connectivity index (χ0) is 25.3. The Hall–Kier alpha value is -4.83. The lowest BCUT2D eigenvalue weighted by Crippen LogP contribution is -2.09. The van der Waals surface area contributed by atoms with Crippen LogP contribution in [0.5, 0.6) is 5.75 Å². The molecule has 5 rings (SSSR count). The molecule has 0 aromatic heterocycles. The Kier molecular flexibility index (Phi) is 7.58. The lowest BCUT2D eigenvalue weighted by molar-refractivity contribution is 0.412. The minimum Gasteiger partial charge on any atom is -0.494 e. The number of anilines is 4. The van der Waals surface area contributed by atoms with Crippen LogP contribution in [-0.4, -0.2) is 13.3 Å². The van der Waals surface area contributed by atoms with Gasteiger partial charge in [0.05, 0.1) is 30.4 Å². The molecule has 5 aromatic rings. The molecule has 0 heterocycles. The maximum absolute atomic E-state index is 5.80. The zero-order valence-electron chi connectivity index (χ0n) is 20.8. The average Bonchev–Trinajstić information content (AvgIpc) is 2.96. The lowest BCUT2D eigenvalue weighted by atomic mass is 10.0. The molecule has 0 radical (unpaired) electrons. The summed E-state index contributed by atoms with van der Waals surface area (Å²) < 4.78 is 5.80. The third-order valence-electron chi connectivity index (χ3n) is 6.05. The minimum atomic E-state index is 0.814. The van der Waals surface area contributed by atoms with Gasteiger partial charge in [-0.2, -0.15) is 5.10 Å². The summed E-state index contributed by atoms with van der Waals surface area (Å²) in [4.78, 5) is 0. The Balaban J connectivity index is 1.33. The highest BCUT2D eigenvalue weighted by atomic mass is 16.5. The van der Waals surface area contributed by atoms with Gasteiger partial charge in [0, 0.05) is 17.7 Å².